The van der Waals surface area contributed by atoms with Gasteiger partial charge in [-0.1, -0.05) is 5.92 Å². The quantitative estimate of drug-likeness (QED) is 0.664. The first-order chi connectivity index (χ1) is 13.6. The summed E-state index contributed by atoms with van der Waals surface area (Å²) in [6, 6.07) is -1.68. The predicted molar refractivity (Wildman–Crippen MR) is 97.3 cm³/mol. The molecule has 0 spiro atoms. The third kappa shape index (κ3) is 4.22. The topological polar surface area (TPSA) is 105 Å². The van der Waals surface area contributed by atoms with Gasteiger partial charge in [0.2, 0.25) is 17.7 Å². The Morgan fingerprint density at radius 3 is 2.66 bits per heavy atom. The van der Waals surface area contributed by atoms with Crippen molar-refractivity contribution in [2.75, 3.05) is 6.54 Å². The van der Waals surface area contributed by atoms with E-state index in [9.17, 15) is 27.6 Å². The highest BCUT2D eigenvalue weighted by Crippen LogP contribution is 2.53. The first-order valence-corrected chi connectivity index (χ1v) is 9.79. The zero-order valence-electron chi connectivity index (χ0n) is 15.3. The van der Waals surface area contributed by atoms with E-state index in [2.05, 4.69) is 16.2 Å². The Labute approximate surface area is 168 Å². The molecular weight excluding hydrogens is 409 g/mol. The molecule has 1 saturated heterocycles. The summed E-state index contributed by atoms with van der Waals surface area (Å²) in [7, 11) is 0. The van der Waals surface area contributed by atoms with Gasteiger partial charge >= 0.3 is 6.18 Å². The fourth-order valence-corrected chi connectivity index (χ4v) is 4.52. The monoisotopic (exact) mass is 428 g/mol. The Kier molecular flexibility index (Phi) is 5.58. The van der Waals surface area contributed by atoms with E-state index in [1.165, 1.54) is 4.90 Å². The van der Waals surface area contributed by atoms with Crippen molar-refractivity contribution in [1.82, 2.24) is 15.2 Å². The molecular formula is C18H19F3N4O3S. The number of thiazole rings is 1. The summed E-state index contributed by atoms with van der Waals surface area (Å²) in [5.74, 6) is 0.718. The van der Waals surface area contributed by atoms with Crippen LogP contribution in [0, 0.1) is 12.3 Å². The molecule has 0 radical (unpaired) electrons. The molecule has 2 heterocycles. The van der Waals surface area contributed by atoms with Crippen molar-refractivity contribution < 1.29 is 27.6 Å². The van der Waals surface area contributed by atoms with Crippen LogP contribution in [0.1, 0.15) is 42.0 Å². The lowest BCUT2D eigenvalue weighted by Crippen LogP contribution is -2.51. The van der Waals surface area contributed by atoms with Crippen molar-refractivity contribution in [3.05, 3.63) is 16.1 Å². The summed E-state index contributed by atoms with van der Waals surface area (Å²) in [5, 5.41) is 1.54. The molecule has 7 nitrogen and oxygen atoms in total. The number of carbonyl (C=O) groups is 3. The molecule has 0 bridgehead atoms. The van der Waals surface area contributed by atoms with Gasteiger partial charge < -0.3 is 16.0 Å². The minimum absolute atomic E-state index is 0.228. The lowest BCUT2D eigenvalue weighted by molar-refractivity contribution is -0.140. The number of likely N-dealkylation sites (tertiary alicyclic amines) is 1. The van der Waals surface area contributed by atoms with Gasteiger partial charge in [-0.25, -0.2) is 4.98 Å². The molecule has 11 heteroatoms. The van der Waals surface area contributed by atoms with Gasteiger partial charge in [0.25, 0.3) is 0 Å². The zero-order chi connectivity index (χ0) is 21.4. The first-order valence-electron chi connectivity index (χ1n) is 8.98. The predicted octanol–water partition coefficient (Wildman–Crippen LogP) is 1.18. The molecule has 3 amide bonds. The third-order valence-electron chi connectivity index (χ3n) is 5.12. The minimum Gasteiger partial charge on any atom is -0.370 e. The van der Waals surface area contributed by atoms with E-state index in [4.69, 9.17) is 12.2 Å². The molecule has 2 aliphatic rings. The average Bonchev–Trinajstić information content (AvgIpc) is 3.08. The highest BCUT2D eigenvalue weighted by Gasteiger charge is 2.57. The van der Waals surface area contributed by atoms with Crippen molar-refractivity contribution in [2.45, 2.75) is 55.8 Å². The van der Waals surface area contributed by atoms with E-state index in [0.29, 0.717) is 43.6 Å². The number of nitrogens with zero attached hydrogens (tertiary/aromatic N) is 2. The lowest BCUT2D eigenvalue weighted by atomic mass is 10.0. The molecule has 1 aromatic heterocycles. The number of rotatable bonds is 6. The van der Waals surface area contributed by atoms with Crippen molar-refractivity contribution in [1.29, 1.82) is 0 Å². The van der Waals surface area contributed by atoms with Crippen molar-refractivity contribution in [3.8, 4) is 12.3 Å². The Morgan fingerprint density at radius 2 is 2.14 bits per heavy atom. The zero-order valence-corrected chi connectivity index (χ0v) is 16.1. The van der Waals surface area contributed by atoms with Crippen LogP contribution in [0.3, 0.4) is 0 Å². The number of hydrogen-bond donors (Lipinski definition) is 2. The molecule has 2 atom stereocenters. The minimum atomic E-state index is -4.57. The molecule has 1 aliphatic heterocycles. The molecule has 1 unspecified atom stereocenters. The Bertz CT molecular complexity index is 872. The van der Waals surface area contributed by atoms with Crippen LogP contribution in [0.4, 0.5) is 13.2 Å². The van der Waals surface area contributed by atoms with E-state index in [1.807, 2.05) is 0 Å². The molecule has 1 aromatic rings. The number of terminal acetylenes is 1. The average molecular weight is 428 g/mol. The number of aromatic nitrogens is 1. The summed E-state index contributed by atoms with van der Waals surface area (Å²) >= 11 is 0.465. The molecule has 0 aromatic carbocycles. The number of primary amides is 1. The van der Waals surface area contributed by atoms with Gasteiger partial charge in [-0.05, 0) is 25.7 Å². The number of nitrogens with two attached hydrogens (primary N) is 1. The number of nitrogens with one attached hydrogen (secondary N) is 1. The normalized spacial score (nSPS) is 21.3. The van der Waals surface area contributed by atoms with Crippen LogP contribution in [-0.2, 0) is 26.0 Å². The van der Waals surface area contributed by atoms with Gasteiger partial charge in [0.05, 0.1) is 17.9 Å². The molecule has 3 rings (SSSR count). The number of halogens is 3. The van der Waals surface area contributed by atoms with Crippen LogP contribution in [0.2, 0.25) is 0 Å². The molecule has 29 heavy (non-hydrogen) atoms. The van der Waals surface area contributed by atoms with E-state index in [1.54, 1.807) is 0 Å². The van der Waals surface area contributed by atoms with Crippen LogP contribution in [0.15, 0.2) is 6.20 Å². The molecule has 156 valence electrons. The van der Waals surface area contributed by atoms with Gasteiger partial charge in [-0.15, -0.1) is 17.8 Å². The highest BCUT2D eigenvalue weighted by atomic mass is 32.1. The Morgan fingerprint density at radius 1 is 1.45 bits per heavy atom. The van der Waals surface area contributed by atoms with Crippen LogP contribution in [-0.4, -0.2) is 46.2 Å². The van der Waals surface area contributed by atoms with E-state index >= 15 is 0 Å². The summed E-state index contributed by atoms with van der Waals surface area (Å²) < 4.78 is 38.6. The lowest BCUT2D eigenvalue weighted by Gasteiger charge is -2.28. The molecule has 1 aliphatic carbocycles. The largest absolute Gasteiger partial charge is 0.443 e. The summed E-state index contributed by atoms with van der Waals surface area (Å²) in [4.78, 5) is 41.9. The highest BCUT2D eigenvalue weighted by molar-refractivity contribution is 7.12. The van der Waals surface area contributed by atoms with Gasteiger partial charge in [0, 0.05) is 17.6 Å². The van der Waals surface area contributed by atoms with Gasteiger partial charge in [0.1, 0.15) is 6.04 Å². The maximum absolute atomic E-state index is 13.2. The SMILES string of the molecule is C#CC(CC(N)=O)NC(=O)[C@@H]1CCCN1C(=O)C1(c2cnc(C(F)(F)F)s2)CC1. The van der Waals surface area contributed by atoms with E-state index in [-0.39, 0.29) is 17.2 Å². The van der Waals surface area contributed by atoms with Crippen LogP contribution >= 0.6 is 11.3 Å². The molecule has 1 saturated carbocycles. The summed E-state index contributed by atoms with van der Waals surface area (Å²) in [5.41, 5.74) is 4.05. The van der Waals surface area contributed by atoms with Gasteiger partial charge in [-0.3, -0.25) is 14.4 Å². The third-order valence-corrected chi connectivity index (χ3v) is 6.36. The smallest absolute Gasteiger partial charge is 0.370 e. The fraction of sp³-hybridized carbons (Fsp3) is 0.556. The van der Waals surface area contributed by atoms with Crippen LogP contribution in [0.25, 0.3) is 0 Å². The first kappa shape index (κ1) is 21.1. The molecule has 3 N–H and O–H groups in total. The fourth-order valence-electron chi connectivity index (χ4n) is 3.50. The second kappa shape index (κ2) is 7.67. The second-order valence-electron chi connectivity index (χ2n) is 7.16. The number of alkyl halides is 3. The Hall–Kier alpha value is -2.61. The maximum Gasteiger partial charge on any atom is 0.443 e. The van der Waals surface area contributed by atoms with Gasteiger partial charge in [0.15, 0.2) is 5.01 Å². The number of amides is 3. The van der Waals surface area contributed by atoms with Gasteiger partial charge in [-0.2, -0.15) is 13.2 Å². The van der Waals surface area contributed by atoms with Crippen molar-refractivity contribution in [2.24, 2.45) is 5.73 Å². The number of carbonyl (C=O) groups excluding carboxylic acids is 3. The number of hydrogen-bond acceptors (Lipinski definition) is 5. The van der Waals surface area contributed by atoms with Crippen molar-refractivity contribution in [3.63, 3.8) is 0 Å². The van der Waals surface area contributed by atoms with E-state index < -0.39 is 40.5 Å². The second-order valence-corrected chi connectivity index (χ2v) is 8.20. The summed E-state index contributed by atoms with van der Waals surface area (Å²) in [6.45, 7) is 0.320. The van der Waals surface area contributed by atoms with Crippen LogP contribution in [0.5, 0.6) is 0 Å². The molecule has 2 fully saturated rings. The maximum atomic E-state index is 13.2. The summed E-state index contributed by atoms with van der Waals surface area (Å²) in [6.07, 6.45) is 3.40. The van der Waals surface area contributed by atoms with E-state index in [0.717, 1.165) is 6.20 Å². The standard InChI is InChI=1S/C18H19F3N4O3S/c1-2-10(8-13(22)26)24-14(27)11-4-3-7-25(11)16(28)17(5-6-17)12-9-23-15(29-12)18(19,20)21/h1,9-11H,3-8H2,(H2,22,26)(H,24,27)/t10?,11-/m0/s1. The van der Waals surface area contributed by atoms with Crippen molar-refractivity contribution >= 4 is 29.1 Å². The van der Waals surface area contributed by atoms with Crippen LogP contribution < -0.4 is 11.1 Å². The Balaban J connectivity index is 1.74.